The first-order valence-electron chi connectivity index (χ1n) is 3.79. The number of aliphatic carboxylic acids is 1. The molecular formula is C7H14N2O2. The lowest BCUT2D eigenvalue weighted by atomic mass is 9.95. The second-order valence-electron chi connectivity index (χ2n) is 3.26. The van der Waals surface area contributed by atoms with Crippen LogP contribution in [-0.4, -0.2) is 23.2 Å². The van der Waals surface area contributed by atoms with E-state index in [9.17, 15) is 4.79 Å². The zero-order valence-corrected chi connectivity index (χ0v) is 6.42. The van der Waals surface area contributed by atoms with Crippen LogP contribution in [0.25, 0.3) is 0 Å². The molecule has 0 aromatic heterocycles. The SMILES string of the molecule is NCC(CC(=O)O)C1(N)CC1. The Kier molecular flexibility index (Phi) is 2.15. The van der Waals surface area contributed by atoms with E-state index in [1.165, 1.54) is 0 Å². The van der Waals surface area contributed by atoms with Crippen LogP contribution in [0, 0.1) is 5.92 Å². The maximum Gasteiger partial charge on any atom is 0.303 e. The number of carboxylic acids is 1. The molecule has 0 saturated heterocycles. The van der Waals surface area contributed by atoms with Crippen molar-refractivity contribution < 1.29 is 9.90 Å². The van der Waals surface area contributed by atoms with Gasteiger partial charge in [0.15, 0.2) is 0 Å². The topological polar surface area (TPSA) is 89.3 Å². The maximum absolute atomic E-state index is 10.3. The maximum atomic E-state index is 10.3. The highest BCUT2D eigenvalue weighted by Crippen LogP contribution is 2.40. The Hall–Kier alpha value is -0.610. The standard InChI is InChI=1S/C7H14N2O2/c8-4-5(3-6(10)11)7(9)1-2-7/h5H,1-4,8-9H2,(H,10,11). The van der Waals surface area contributed by atoms with Gasteiger partial charge in [-0.2, -0.15) is 0 Å². The fourth-order valence-corrected chi connectivity index (χ4v) is 1.28. The van der Waals surface area contributed by atoms with Gasteiger partial charge < -0.3 is 16.6 Å². The van der Waals surface area contributed by atoms with Crippen molar-refractivity contribution in [2.45, 2.75) is 24.8 Å². The predicted octanol–water partition coefficient (Wildman–Crippen LogP) is -0.473. The lowest BCUT2D eigenvalue weighted by molar-refractivity contribution is -0.138. The van der Waals surface area contributed by atoms with Gasteiger partial charge in [-0.1, -0.05) is 0 Å². The Balaban J connectivity index is 2.43. The molecule has 4 heteroatoms. The molecule has 0 radical (unpaired) electrons. The van der Waals surface area contributed by atoms with Crippen molar-refractivity contribution in [3.05, 3.63) is 0 Å². The van der Waals surface area contributed by atoms with Crippen LogP contribution in [0.15, 0.2) is 0 Å². The minimum Gasteiger partial charge on any atom is -0.481 e. The van der Waals surface area contributed by atoms with Crippen molar-refractivity contribution in [2.75, 3.05) is 6.54 Å². The first-order valence-corrected chi connectivity index (χ1v) is 3.79. The summed E-state index contributed by atoms with van der Waals surface area (Å²) in [6, 6.07) is 0. The van der Waals surface area contributed by atoms with Gasteiger partial charge in [0.2, 0.25) is 0 Å². The van der Waals surface area contributed by atoms with E-state index in [-0.39, 0.29) is 17.9 Å². The minimum atomic E-state index is -0.808. The first kappa shape index (κ1) is 8.49. The number of hydrogen-bond acceptors (Lipinski definition) is 3. The van der Waals surface area contributed by atoms with Gasteiger partial charge in [0.05, 0.1) is 6.42 Å². The van der Waals surface area contributed by atoms with E-state index in [0.29, 0.717) is 6.54 Å². The summed E-state index contributed by atoms with van der Waals surface area (Å²) >= 11 is 0. The molecule has 0 aromatic carbocycles. The Bertz CT molecular complexity index is 166. The molecule has 1 fully saturated rings. The van der Waals surface area contributed by atoms with Crippen LogP contribution in [0.1, 0.15) is 19.3 Å². The smallest absolute Gasteiger partial charge is 0.303 e. The Morgan fingerprint density at radius 3 is 2.45 bits per heavy atom. The summed E-state index contributed by atoms with van der Waals surface area (Å²) in [6.45, 7) is 0.378. The Morgan fingerprint density at radius 1 is 1.64 bits per heavy atom. The predicted molar refractivity (Wildman–Crippen MR) is 40.9 cm³/mol. The number of carbonyl (C=O) groups is 1. The van der Waals surface area contributed by atoms with E-state index in [0.717, 1.165) is 12.8 Å². The Morgan fingerprint density at radius 2 is 2.18 bits per heavy atom. The zero-order chi connectivity index (χ0) is 8.48. The Labute approximate surface area is 65.6 Å². The lowest BCUT2D eigenvalue weighted by Crippen LogP contribution is -2.38. The van der Waals surface area contributed by atoms with Crippen LogP contribution in [0.2, 0.25) is 0 Å². The average molecular weight is 158 g/mol. The van der Waals surface area contributed by atoms with Crippen LogP contribution in [0.3, 0.4) is 0 Å². The molecule has 0 spiro atoms. The fraction of sp³-hybridized carbons (Fsp3) is 0.857. The molecule has 0 heterocycles. The summed E-state index contributed by atoms with van der Waals surface area (Å²) in [5, 5.41) is 8.49. The number of carboxylic acid groups (broad SMARTS) is 1. The van der Waals surface area contributed by atoms with E-state index < -0.39 is 5.97 Å². The second kappa shape index (κ2) is 2.79. The third kappa shape index (κ3) is 1.91. The quantitative estimate of drug-likeness (QED) is 0.516. The second-order valence-corrected chi connectivity index (χ2v) is 3.26. The van der Waals surface area contributed by atoms with E-state index in [1.54, 1.807) is 0 Å². The van der Waals surface area contributed by atoms with Crippen LogP contribution in [0.4, 0.5) is 0 Å². The molecule has 0 amide bonds. The average Bonchev–Trinajstić information content (AvgIpc) is 2.63. The molecule has 1 atom stereocenters. The van der Waals surface area contributed by atoms with Crippen LogP contribution in [-0.2, 0) is 4.79 Å². The van der Waals surface area contributed by atoms with Gasteiger partial charge in [0.25, 0.3) is 0 Å². The van der Waals surface area contributed by atoms with Gasteiger partial charge >= 0.3 is 5.97 Å². The fourth-order valence-electron chi connectivity index (χ4n) is 1.28. The van der Waals surface area contributed by atoms with Crippen molar-refractivity contribution in [3.8, 4) is 0 Å². The molecule has 1 aliphatic rings. The first-order chi connectivity index (χ1) is 5.08. The number of hydrogen-bond donors (Lipinski definition) is 3. The van der Waals surface area contributed by atoms with Gasteiger partial charge in [-0.3, -0.25) is 4.79 Å². The molecule has 1 aliphatic carbocycles. The van der Waals surface area contributed by atoms with Crippen molar-refractivity contribution in [3.63, 3.8) is 0 Å². The molecule has 1 saturated carbocycles. The van der Waals surface area contributed by atoms with E-state index >= 15 is 0 Å². The van der Waals surface area contributed by atoms with Gasteiger partial charge in [0.1, 0.15) is 0 Å². The highest BCUT2D eigenvalue weighted by molar-refractivity contribution is 5.67. The van der Waals surface area contributed by atoms with Crippen molar-refractivity contribution in [1.29, 1.82) is 0 Å². The van der Waals surface area contributed by atoms with E-state index in [4.69, 9.17) is 16.6 Å². The summed E-state index contributed by atoms with van der Waals surface area (Å²) in [6.07, 6.45) is 1.94. The molecule has 11 heavy (non-hydrogen) atoms. The molecule has 1 rings (SSSR count). The highest BCUT2D eigenvalue weighted by atomic mass is 16.4. The van der Waals surface area contributed by atoms with Crippen LogP contribution < -0.4 is 11.5 Å². The van der Waals surface area contributed by atoms with Gasteiger partial charge in [-0.25, -0.2) is 0 Å². The molecule has 5 N–H and O–H groups in total. The van der Waals surface area contributed by atoms with Crippen LogP contribution >= 0.6 is 0 Å². The number of nitrogens with two attached hydrogens (primary N) is 2. The number of rotatable bonds is 4. The van der Waals surface area contributed by atoms with Crippen molar-refractivity contribution in [1.82, 2.24) is 0 Å². The molecule has 1 unspecified atom stereocenters. The van der Waals surface area contributed by atoms with E-state index in [2.05, 4.69) is 0 Å². The lowest BCUT2D eigenvalue weighted by Gasteiger charge is -2.19. The summed E-state index contributed by atoms with van der Waals surface area (Å²) in [7, 11) is 0. The molecular weight excluding hydrogens is 144 g/mol. The van der Waals surface area contributed by atoms with Crippen molar-refractivity contribution in [2.24, 2.45) is 17.4 Å². The van der Waals surface area contributed by atoms with Crippen molar-refractivity contribution >= 4 is 5.97 Å². The van der Waals surface area contributed by atoms with Crippen LogP contribution in [0.5, 0.6) is 0 Å². The normalized spacial score (nSPS) is 22.7. The zero-order valence-electron chi connectivity index (χ0n) is 6.42. The minimum absolute atomic E-state index is 0.0417. The monoisotopic (exact) mass is 158 g/mol. The summed E-state index contributed by atoms with van der Waals surface area (Å²) in [4.78, 5) is 10.3. The van der Waals surface area contributed by atoms with Gasteiger partial charge in [0, 0.05) is 5.54 Å². The summed E-state index contributed by atoms with van der Waals surface area (Å²) in [5.74, 6) is -0.850. The van der Waals surface area contributed by atoms with Gasteiger partial charge in [-0.05, 0) is 25.3 Å². The summed E-state index contributed by atoms with van der Waals surface area (Å²) in [5.41, 5.74) is 11.0. The highest BCUT2D eigenvalue weighted by Gasteiger charge is 2.45. The summed E-state index contributed by atoms with van der Waals surface area (Å²) < 4.78 is 0. The van der Waals surface area contributed by atoms with E-state index in [1.807, 2.05) is 0 Å². The third-order valence-electron chi connectivity index (χ3n) is 2.35. The molecule has 0 bridgehead atoms. The molecule has 0 aliphatic heterocycles. The third-order valence-corrected chi connectivity index (χ3v) is 2.35. The molecule has 64 valence electrons. The van der Waals surface area contributed by atoms with Gasteiger partial charge in [-0.15, -0.1) is 0 Å². The molecule has 4 nitrogen and oxygen atoms in total. The largest absolute Gasteiger partial charge is 0.481 e. The molecule has 0 aromatic rings.